The van der Waals surface area contributed by atoms with Gasteiger partial charge in [-0.3, -0.25) is 4.98 Å². The molecule has 0 spiro atoms. The van der Waals surface area contributed by atoms with Crippen molar-refractivity contribution in [1.29, 1.82) is 0 Å². The minimum absolute atomic E-state index is 0.00985. The zero-order valence-corrected chi connectivity index (χ0v) is 14.7. The molecule has 8 heteroatoms. The quantitative estimate of drug-likeness (QED) is 0.582. The number of hydrogen-bond acceptors (Lipinski definition) is 5. The summed E-state index contributed by atoms with van der Waals surface area (Å²) < 4.78 is 29.1. The normalized spacial score (nSPS) is 11.3. The van der Waals surface area contributed by atoms with E-state index in [-0.39, 0.29) is 11.6 Å². The van der Waals surface area contributed by atoms with Gasteiger partial charge < -0.3 is 5.32 Å². The molecule has 0 aliphatic heterocycles. The molecule has 0 aliphatic carbocycles. The van der Waals surface area contributed by atoms with Gasteiger partial charge in [0.2, 0.25) is 0 Å². The number of fused-ring (bicyclic) bond motifs is 1. The van der Waals surface area contributed by atoms with Crippen LogP contribution in [-0.4, -0.2) is 24.6 Å². The number of halogens is 2. The van der Waals surface area contributed by atoms with E-state index in [0.29, 0.717) is 17.4 Å². The first-order valence-electron chi connectivity index (χ1n) is 8.41. The Morgan fingerprint density at radius 3 is 2.67 bits per heavy atom. The van der Waals surface area contributed by atoms with E-state index in [1.807, 2.05) is 19.9 Å². The topological polar surface area (TPSA) is 68.0 Å². The molecule has 0 radical (unpaired) electrons. The maximum Gasteiger partial charge on any atom is 0.254 e. The van der Waals surface area contributed by atoms with Crippen molar-refractivity contribution in [3.8, 4) is 11.4 Å². The number of rotatable bonds is 4. The van der Waals surface area contributed by atoms with Crippen LogP contribution in [0.4, 0.5) is 20.3 Å². The SMILES string of the molecule is CC(C)c1cc(Nc2cc(F)ccc2F)n2nc(-c3cccnc3)nc2n1. The standard InChI is InChI=1S/C19H16F2N6/c1-11(2)15-9-17(23-16-8-13(20)5-6-14(16)21)27-19(24-15)25-18(26-27)12-4-3-7-22-10-12/h3-11,23H,1-2H3. The summed E-state index contributed by atoms with van der Waals surface area (Å²) in [5.41, 5.74) is 1.50. The average Bonchev–Trinajstić information content (AvgIpc) is 3.10. The van der Waals surface area contributed by atoms with Gasteiger partial charge in [0.05, 0.1) is 11.4 Å². The summed E-state index contributed by atoms with van der Waals surface area (Å²) in [5.74, 6) is 0.254. The molecular weight excluding hydrogens is 350 g/mol. The van der Waals surface area contributed by atoms with Crippen molar-refractivity contribution in [2.45, 2.75) is 19.8 Å². The molecule has 6 nitrogen and oxygen atoms in total. The molecule has 0 saturated carbocycles. The number of benzene rings is 1. The first-order valence-corrected chi connectivity index (χ1v) is 8.41. The summed E-state index contributed by atoms with van der Waals surface area (Å²) in [6.45, 7) is 3.98. The largest absolute Gasteiger partial charge is 0.338 e. The van der Waals surface area contributed by atoms with Gasteiger partial charge in [-0.15, -0.1) is 5.10 Å². The van der Waals surface area contributed by atoms with Crippen molar-refractivity contribution in [3.63, 3.8) is 0 Å². The fourth-order valence-corrected chi connectivity index (χ4v) is 2.62. The van der Waals surface area contributed by atoms with Crippen LogP contribution in [-0.2, 0) is 0 Å². The van der Waals surface area contributed by atoms with Gasteiger partial charge in [0.25, 0.3) is 5.78 Å². The monoisotopic (exact) mass is 366 g/mol. The highest BCUT2D eigenvalue weighted by atomic mass is 19.1. The average molecular weight is 366 g/mol. The van der Waals surface area contributed by atoms with Gasteiger partial charge in [-0.2, -0.15) is 9.50 Å². The molecule has 3 aromatic heterocycles. The molecule has 0 fully saturated rings. The van der Waals surface area contributed by atoms with E-state index in [1.165, 1.54) is 4.52 Å². The Morgan fingerprint density at radius 2 is 1.93 bits per heavy atom. The zero-order chi connectivity index (χ0) is 19.0. The Balaban J connectivity index is 1.87. The second-order valence-electron chi connectivity index (χ2n) is 6.36. The molecule has 4 rings (SSSR count). The van der Waals surface area contributed by atoms with Gasteiger partial charge in [0.15, 0.2) is 5.82 Å². The van der Waals surface area contributed by atoms with Crippen molar-refractivity contribution in [2.75, 3.05) is 5.32 Å². The number of aromatic nitrogens is 5. The molecule has 0 unspecified atom stereocenters. The van der Waals surface area contributed by atoms with E-state index in [2.05, 4.69) is 25.4 Å². The minimum Gasteiger partial charge on any atom is -0.338 e. The predicted molar refractivity (Wildman–Crippen MR) is 97.7 cm³/mol. The number of nitrogens with zero attached hydrogens (tertiary/aromatic N) is 5. The highest BCUT2D eigenvalue weighted by Gasteiger charge is 2.15. The van der Waals surface area contributed by atoms with Crippen molar-refractivity contribution < 1.29 is 8.78 Å². The molecule has 0 bridgehead atoms. The van der Waals surface area contributed by atoms with Gasteiger partial charge >= 0.3 is 0 Å². The number of pyridine rings is 1. The van der Waals surface area contributed by atoms with Crippen LogP contribution < -0.4 is 5.32 Å². The molecule has 4 aromatic rings. The number of anilines is 2. The van der Waals surface area contributed by atoms with E-state index in [4.69, 9.17) is 0 Å². The van der Waals surface area contributed by atoms with Crippen LogP contribution in [0.15, 0.2) is 48.8 Å². The van der Waals surface area contributed by atoms with Crippen LogP contribution in [0, 0.1) is 11.6 Å². The third-order valence-corrected chi connectivity index (χ3v) is 4.03. The molecule has 0 amide bonds. The van der Waals surface area contributed by atoms with E-state index < -0.39 is 11.6 Å². The van der Waals surface area contributed by atoms with Gasteiger partial charge in [0, 0.05) is 30.1 Å². The minimum atomic E-state index is -0.569. The van der Waals surface area contributed by atoms with E-state index in [0.717, 1.165) is 29.5 Å². The summed E-state index contributed by atoms with van der Waals surface area (Å²) in [7, 11) is 0. The summed E-state index contributed by atoms with van der Waals surface area (Å²) >= 11 is 0. The van der Waals surface area contributed by atoms with Crippen molar-refractivity contribution >= 4 is 17.3 Å². The molecule has 136 valence electrons. The summed E-state index contributed by atoms with van der Waals surface area (Å²) in [6, 6.07) is 8.61. The molecule has 1 aromatic carbocycles. The Bertz CT molecular complexity index is 1110. The maximum absolute atomic E-state index is 14.1. The summed E-state index contributed by atoms with van der Waals surface area (Å²) in [5, 5.41) is 7.36. The first-order chi connectivity index (χ1) is 13.0. The lowest BCUT2D eigenvalue weighted by Crippen LogP contribution is -2.06. The van der Waals surface area contributed by atoms with E-state index in [1.54, 1.807) is 24.5 Å². The number of hydrogen-bond donors (Lipinski definition) is 1. The Kier molecular flexibility index (Phi) is 4.23. The highest BCUT2D eigenvalue weighted by molar-refractivity contribution is 5.62. The third kappa shape index (κ3) is 3.33. The van der Waals surface area contributed by atoms with Gasteiger partial charge in [-0.1, -0.05) is 13.8 Å². The zero-order valence-electron chi connectivity index (χ0n) is 14.7. The summed E-state index contributed by atoms with van der Waals surface area (Å²) in [4.78, 5) is 13.1. The highest BCUT2D eigenvalue weighted by Crippen LogP contribution is 2.25. The Labute approximate surface area is 153 Å². The fourth-order valence-electron chi connectivity index (χ4n) is 2.62. The van der Waals surface area contributed by atoms with Crippen molar-refractivity contribution in [2.24, 2.45) is 0 Å². The Morgan fingerprint density at radius 1 is 1.07 bits per heavy atom. The van der Waals surface area contributed by atoms with Crippen LogP contribution in [0.1, 0.15) is 25.5 Å². The Hall–Kier alpha value is -3.42. The smallest absolute Gasteiger partial charge is 0.254 e. The van der Waals surface area contributed by atoms with Gasteiger partial charge in [-0.05, 0) is 30.2 Å². The lowest BCUT2D eigenvalue weighted by atomic mass is 10.1. The lowest BCUT2D eigenvalue weighted by molar-refractivity contribution is 0.603. The van der Waals surface area contributed by atoms with E-state index >= 15 is 0 Å². The van der Waals surface area contributed by atoms with Crippen LogP contribution >= 0.6 is 0 Å². The molecule has 0 aliphatic rings. The maximum atomic E-state index is 14.1. The fraction of sp³-hybridized carbons (Fsp3) is 0.158. The van der Waals surface area contributed by atoms with Gasteiger partial charge in [0.1, 0.15) is 17.5 Å². The van der Waals surface area contributed by atoms with Crippen molar-refractivity contribution in [1.82, 2.24) is 24.6 Å². The molecular formula is C19H16F2N6. The van der Waals surface area contributed by atoms with Gasteiger partial charge in [-0.25, -0.2) is 13.8 Å². The van der Waals surface area contributed by atoms with Crippen LogP contribution in [0.5, 0.6) is 0 Å². The molecule has 0 saturated heterocycles. The molecule has 3 heterocycles. The molecule has 27 heavy (non-hydrogen) atoms. The van der Waals surface area contributed by atoms with Crippen LogP contribution in [0.2, 0.25) is 0 Å². The second-order valence-corrected chi connectivity index (χ2v) is 6.36. The molecule has 0 atom stereocenters. The first kappa shape index (κ1) is 17.0. The number of nitrogens with one attached hydrogen (secondary N) is 1. The second kappa shape index (κ2) is 6.71. The third-order valence-electron chi connectivity index (χ3n) is 4.03. The van der Waals surface area contributed by atoms with Crippen molar-refractivity contribution in [3.05, 3.63) is 66.1 Å². The van der Waals surface area contributed by atoms with Crippen LogP contribution in [0.3, 0.4) is 0 Å². The molecule has 1 N–H and O–H groups in total. The van der Waals surface area contributed by atoms with Crippen LogP contribution in [0.25, 0.3) is 17.2 Å². The lowest BCUT2D eigenvalue weighted by Gasteiger charge is -2.12. The predicted octanol–water partition coefficient (Wildman–Crippen LogP) is 4.33. The summed E-state index contributed by atoms with van der Waals surface area (Å²) in [6.07, 6.45) is 3.31. The van der Waals surface area contributed by atoms with E-state index in [9.17, 15) is 8.78 Å².